The number of rotatable bonds is 35. The normalized spacial score (nSPS) is 10.4. The van der Waals surface area contributed by atoms with E-state index in [-0.39, 0.29) is 140 Å². The molecule has 0 saturated carbocycles. The van der Waals surface area contributed by atoms with Gasteiger partial charge in [-0.3, -0.25) is 67.1 Å². The van der Waals surface area contributed by atoms with Gasteiger partial charge in [0.25, 0.3) is 0 Å². The van der Waals surface area contributed by atoms with Crippen molar-refractivity contribution in [3.8, 4) is 80.5 Å². The van der Waals surface area contributed by atoms with Gasteiger partial charge in [0.2, 0.25) is 21.4 Å². The lowest BCUT2D eigenvalue weighted by molar-refractivity contribution is -0.137. The summed E-state index contributed by atoms with van der Waals surface area (Å²) in [5.74, 6) is -7.31. The van der Waals surface area contributed by atoms with E-state index in [0.29, 0.717) is 41.0 Å². The van der Waals surface area contributed by atoms with Gasteiger partial charge in [-0.15, -0.1) is 13.2 Å². The van der Waals surface area contributed by atoms with Crippen molar-refractivity contribution in [3.05, 3.63) is 324 Å². The zero-order valence-electron chi connectivity index (χ0n) is 81.0. The second kappa shape index (κ2) is 55.4. The lowest BCUT2D eigenvalue weighted by Crippen LogP contribution is -2.20. The van der Waals surface area contributed by atoms with Gasteiger partial charge in [0, 0.05) is 121 Å². The van der Waals surface area contributed by atoms with Crippen LogP contribution in [0.4, 0.5) is 0 Å². The fourth-order valence-electron chi connectivity index (χ4n) is 12.4. The number of hydrogen-bond acceptors (Lipinski definition) is 32. The molecule has 0 saturated heterocycles. The molecule has 744 valence electrons. The fraction of sp³-hybridized carbons (Fsp3) is 0.218. The Morgan fingerprint density at radius 3 is 0.951 bits per heavy atom. The van der Waals surface area contributed by atoms with Crippen LogP contribution in [0.25, 0.3) is 0 Å². The summed E-state index contributed by atoms with van der Waals surface area (Å²) in [6.07, 6.45) is 5.60. The number of hydrogen-bond donors (Lipinski definition) is 0. The first-order chi connectivity index (χ1) is 68.1. The average molecular weight is 1970 g/mol. The topological polar surface area (TPSA) is 436 Å². The van der Waals surface area contributed by atoms with Crippen LogP contribution < -0.4 is 66.3 Å². The zero-order valence-corrected chi connectivity index (χ0v) is 81.8. The van der Waals surface area contributed by atoms with Crippen molar-refractivity contribution in [1.29, 1.82) is 0 Å². The molecule has 0 aromatic heterocycles. The SMILES string of the molecule is C=CCc1cc(C(C)(C)c2ccc(OC(=O)c3ccccc3)c(CC=C)c2)ccc1OC(=O)c1ccccc1.CCC(=O)Oc1cc(OC(C)=O)cc(OC(=O)CC)c1.CCC(=O)Oc1ccc(C(=O)c2ccc(OC(C)=O)cc2OC(=O)CC)c(OC(C)=O)c1.CCC(=O)Oc1ccc(C(=O)c2ccccc2)c(OC(=O)CC)c1OC(C)=O.CCC(=O)Oc1ccc(S(=O)(=O)c2ccc(OC(C)=O)cc2)cc1. The summed E-state index contributed by atoms with van der Waals surface area (Å²) in [7, 11) is -3.72. The second-order valence-electron chi connectivity index (χ2n) is 30.7. The van der Waals surface area contributed by atoms with E-state index in [4.69, 9.17) is 66.3 Å². The molecule has 0 aliphatic carbocycles. The van der Waals surface area contributed by atoms with E-state index < -0.39 is 110 Å². The molecular weight excluding hydrogens is 1870 g/mol. The third-order valence-corrected chi connectivity index (χ3v) is 21.3. The number of allylic oxidation sites excluding steroid dienone is 2. The number of benzene rings is 11. The van der Waals surface area contributed by atoms with Crippen molar-refractivity contribution >= 4 is 105 Å². The van der Waals surface area contributed by atoms with E-state index in [1.54, 1.807) is 139 Å². The van der Waals surface area contributed by atoms with Crippen molar-refractivity contribution in [1.82, 2.24) is 0 Å². The highest BCUT2D eigenvalue weighted by atomic mass is 32.2. The molecule has 11 rings (SSSR count). The second-order valence-corrected chi connectivity index (χ2v) is 32.7. The van der Waals surface area contributed by atoms with Crippen LogP contribution in [0.2, 0.25) is 0 Å². The van der Waals surface area contributed by atoms with Crippen LogP contribution in [0.5, 0.6) is 80.5 Å². The lowest BCUT2D eigenvalue weighted by atomic mass is 9.76. The van der Waals surface area contributed by atoms with Crippen LogP contribution in [0.1, 0.15) is 217 Å². The van der Waals surface area contributed by atoms with Crippen molar-refractivity contribution in [3.63, 3.8) is 0 Å². The highest BCUT2D eigenvalue weighted by molar-refractivity contribution is 7.91. The van der Waals surface area contributed by atoms with Crippen molar-refractivity contribution in [2.75, 3.05) is 0 Å². The third-order valence-electron chi connectivity index (χ3n) is 19.5. The smallest absolute Gasteiger partial charge is 0.343 e. The Bertz CT molecular complexity index is 6470. The summed E-state index contributed by atoms with van der Waals surface area (Å²) < 4.78 is 97.5. The molecule has 0 aliphatic rings. The number of carbonyl (C=O) groups is 16. The standard InChI is InChI=1S/C35H32O4.C23H22O9.C21H20O7.C17H16O6S.C14H16O6/c1-5-13-27-23-29(19-21-31(27)38-33(36)25-15-9-7-10-16-25)35(3,4)30-20-22-32(28(24-30)14-6-2)39-34(37)26-17-11-8-12-18-26;1-5-21(26)31-16-8-10-17(19(12-16)30-14(4)25)23(28)18-9-7-15(29-13(3)24)11-20(18)32-22(27)6-2;1-4-17(23)27-16-12-11-15(19(25)14-9-7-6-8-10-14)20(28-18(24)5-2)21(16)26-13(3)22;1-3-17(19)23-14-6-10-16(11-7-14)24(20,21)15-8-4-13(5-9-15)22-12(2)18;1-4-13(16)19-11-6-10(18-9(3)15)7-12(8-11)20-14(17)5-2/h5-12,15-24H,1-2,13-14H2,3-4H3;7-12H,5-6H2,1-4H3;6-12H,4-5H2,1-3H3;4-11H,3H2,1-2H3;6-8H,4-5H2,1-3H3. The Kier molecular flexibility index (Phi) is 43.7. The van der Waals surface area contributed by atoms with Crippen LogP contribution in [0, 0.1) is 0 Å². The Hall–Kier alpha value is -17.2. The predicted octanol–water partition coefficient (Wildman–Crippen LogP) is 19.8. The summed E-state index contributed by atoms with van der Waals surface area (Å²) >= 11 is 0. The summed E-state index contributed by atoms with van der Waals surface area (Å²) in [4.78, 5) is 189. The summed E-state index contributed by atoms with van der Waals surface area (Å²) in [5.41, 5.74) is 4.73. The number of carbonyl (C=O) groups excluding carboxylic acids is 16. The molecule has 0 unspecified atom stereocenters. The first-order valence-corrected chi connectivity index (χ1v) is 46.2. The van der Waals surface area contributed by atoms with Gasteiger partial charge >= 0.3 is 83.6 Å². The molecule has 11 aromatic carbocycles. The van der Waals surface area contributed by atoms with Gasteiger partial charge in [-0.2, -0.15) is 0 Å². The summed E-state index contributed by atoms with van der Waals surface area (Å²) in [6.45, 7) is 29.4. The minimum absolute atomic E-state index is 0.000507. The molecule has 0 bridgehead atoms. The molecule has 33 heteroatoms. The third kappa shape index (κ3) is 35.0. The molecule has 0 atom stereocenters. The van der Waals surface area contributed by atoms with E-state index in [9.17, 15) is 85.1 Å². The van der Waals surface area contributed by atoms with Gasteiger partial charge in [0.15, 0.2) is 17.3 Å². The Morgan fingerprint density at radius 1 is 0.266 bits per heavy atom. The Morgan fingerprint density at radius 2 is 0.566 bits per heavy atom. The zero-order chi connectivity index (χ0) is 105. The molecule has 0 radical (unpaired) electrons. The van der Waals surface area contributed by atoms with Gasteiger partial charge in [0.1, 0.15) is 63.2 Å². The van der Waals surface area contributed by atoms with Crippen LogP contribution in [-0.4, -0.2) is 104 Å². The van der Waals surface area contributed by atoms with E-state index >= 15 is 0 Å². The Balaban J connectivity index is 0.000000247. The molecule has 0 N–H and O–H groups in total. The summed E-state index contributed by atoms with van der Waals surface area (Å²) in [5, 5.41) is 0. The highest BCUT2D eigenvalue weighted by Crippen LogP contribution is 2.44. The summed E-state index contributed by atoms with van der Waals surface area (Å²) in [6, 6.07) is 63.8. The molecule has 0 amide bonds. The molecule has 0 aliphatic heterocycles. The van der Waals surface area contributed by atoms with E-state index in [2.05, 4.69) is 39.1 Å². The van der Waals surface area contributed by atoms with Gasteiger partial charge < -0.3 is 66.3 Å². The van der Waals surface area contributed by atoms with E-state index in [0.717, 1.165) is 36.1 Å². The largest absolute Gasteiger partial charge is 0.427 e. The quantitative estimate of drug-likeness (QED) is 0.0154. The monoisotopic (exact) mass is 1970 g/mol. The first-order valence-electron chi connectivity index (χ1n) is 44.7. The van der Waals surface area contributed by atoms with E-state index in [1.165, 1.54) is 136 Å². The molecule has 0 spiro atoms. The Labute approximate surface area is 826 Å². The van der Waals surface area contributed by atoms with E-state index in [1.807, 2.05) is 36.4 Å². The van der Waals surface area contributed by atoms with Crippen LogP contribution in [0.15, 0.2) is 278 Å². The highest BCUT2D eigenvalue weighted by Gasteiger charge is 2.31. The molecule has 32 nitrogen and oxygen atoms in total. The lowest BCUT2D eigenvalue weighted by Gasteiger charge is -2.28. The van der Waals surface area contributed by atoms with Crippen LogP contribution >= 0.6 is 0 Å². The number of ketones is 2. The van der Waals surface area contributed by atoms with Crippen molar-refractivity contribution in [2.45, 2.75) is 170 Å². The maximum Gasteiger partial charge on any atom is 0.343 e. The predicted molar refractivity (Wildman–Crippen MR) is 521 cm³/mol. The minimum Gasteiger partial charge on any atom is -0.427 e. The molecular formula is C110H106O32S. The molecule has 0 heterocycles. The number of esters is 14. The van der Waals surface area contributed by atoms with Gasteiger partial charge in [0.05, 0.1) is 37.6 Å². The number of ether oxygens (including phenoxy) is 14. The first kappa shape index (κ1) is 113. The number of sulfone groups is 1. The molecule has 0 fully saturated rings. The van der Waals surface area contributed by atoms with Gasteiger partial charge in [-0.05, 0) is 156 Å². The molecule has 11 aromatic rings. The van der Waals surface area contributed by atoms with Crippen LogP contribution in [-0.2, 0) is 85.6 Å². The minimum atomic E-state index is -3.72. The van der Waals surface area contributed by atoms with Gasteiger partial charge in [-0.1, -0.05) is 165 Å². The maximum absolute atomic E-state index is 13.3. The van der Waals surface area contributed by atoms with Crippen molar-refractivity contribution in [2.24, 2.45) is 0 Å². The van der Waals surface area contributed by atoms with Crippen LogP contribution in [0.3, 0.4) is 0 Å². The average Bonchev–Trinajstić information content (AvgIpc) is 0.802. The fourth-order valence-corrected chi connectivity index (χ4v) is 13.6. The molecule has 143 heavy (non-hydrogen) atoms. The van der Waals surface area contributed by atoms with Crippen molar-refractivity contribution < 1.29 is 151 Å². The maximum atomic E-state index is 13.3. The van der Waals surface area contributed by atoms with Gasteiger partial charge in [-0.25, -0.2) is 18.0 Å².